The number of benzene rings is 2. The Morgan fingerprint density at radius 2 is 1.93 bits per heavy atom. The Balaban J connectivity index is 1.53. The zero-order chi connectivity index (χ0) is 28.4. The van der Waals surface area contributed by atoms with Crippen LogP contribution >= 0.6 is 11.3 Å². The monoisotopic (exact) mass is 566 g/mol. The van der Waals surface area contributed by atoms with Crippen LogP contribution in [0.2, 0.25) is 0 Å². The number of hydrogen-bond acceptors (Lipinski definition) is 7. The second kappa shape index (κ2) is 9.52. The molecule has 1 fully saturated rings. The van der Waals surface area contributed by atoms with Crippen LogP contribution in [0.3, 0.4) is 0 Å². The van der Waals surface area contributed by atoms with Gasteiger partial charge in [-0.05, 0) is 68.0 Å². The average molecular weight is 567 g/mol. The summed E-state index contributed by atoms with van der Waals surface area (Å²) in [6.45, 7) is 3.97. The molecule has 0 bridgehead atoms. The summed E-state index contributed by atoms with van der Waals surface area (Å²) in [6, 6.07) is 14.6. The van der Waals surface area contributed by atoms with Crippen molar-refractivity contribution < 1.29 is 9.13 Å². The molecule has 2 N–H and O–H groups in total. The number of hydrogen-bond donors (Lipinski definition) is 1. The first kappa shape index (κ1) is 25.4. The minimum absolute atomic E-state index is 0.0597. The van der Waals surface area contributed by atoms with Crippen LogP contribution in [-0.2, 0) is 0 Å². The Kier molecular flexibility index (Phi) is 5.90. The molecule has 1 aliphatic rings. The molecule has 0 unspecified atom stereocenters. The first-order valence-electron chi connectivity index (χ1n) is 13.4. The van der Waals surface area contributed by atoms with Crippen LogP contribution in [0.15, 0.2) is 65.0 Å². The van der Waals surface area contributed by atoms with Gasteiger partial charge in [0.1, 0.15) is 22.7 Å². The summed E-state index contributed by atoms with van der Waals surface area (Å²) in [7, 11) is 1.43. The molecule has 1 saturated carbocycles. The second-order valence-corrected chi connectivity index (χ2v) is 11.5. The molecule has 0 radical (unpaired) electrons. The van der Waals surface area contributed by atoms with Crippen molar-refractivity contribution in [2.75, 3.05) is 12.8 Å². The molecule has 6 aromatic rings. The average Bonchev–Trinajstić information content (AvgIpc) is 3.61. The standard InChI is InChI=1S/C31H27FN6O2S/c1-16-5-4-6-19(11-16)25-21(13-24-37(31(25)39)17(2)14-41-24)28(18-7-8-18)38-30-26(29(33)34-15-35-30)27(36-38)20-9-10-23(40-3)22(32)12-20/h4-6,9-15,18,28H,7-8H2,1-3H3,(H2,33,34,35)/t28-/m0/s1. The quantitative estimate of drug-likeness (QED) is 0.258. The SMILES string of the molecule is COc1ccc(-c2nn([C@H](c3cc4scc(C)n4c(=O)c3-c3cccc(C)c3)C3CC3)c3ncnc(N)c23)cc1F. The van der Waals surface area contributed by atoms with Crippen molar-refractivity contribution in [3.8, 4) is 28.1 Å². The van der Waals surface area contributed by atoms with Gasteiger partial charge in [0, 0.05) is 16.6 Å². The van der Waals surface area contributed by atoms with E-state index in [1.165, 1.54) is 19.5 Å². The summed E-state index contributed by atoms with van der Waals surface area (Å²) < 4.78 is 23.6. The van der Waals surface area contributed by atoms with Crippen molar-refractivity contribution >= 4 is 33.0 Å². The Morgan fingerprint density at radius 3 is 2.66 bits per heavy atom. The lowest BCUT2D eigenvalue weighted by molar-refractivity contribution is 0.386. The van der Waals surface area contributed by atoms with Gasteiger partial charge in [0.05, 0.1) is 24.1 Å². The van der Waals surface area contributed by atoms with Crippen molar-refractivity contribution in [1.82, 2.24) is 24.1 Å². The number of rotatable bonds is 6. The zero-order valence-corrected chi connectivity index (χ0v) is 23.6. The van der Waals surface area contributed by atoms with Crippen molar-refractivity contribution in [3.63, 3.8) is 0 Å². The molecule has 1 atom stereocenters. The third-order valence-electron chi connectivity index (χ3n) is 7.81. The molecule has 0 saturated heterocycles. The van der Waals surface area contributed by atoms with E-state index in [1.807, 2.05) is 48.2 Å². The molecule has 7 rings (SSSR count). The summed E-state index contributed by atoms with van der Waals surface area (Å²) in [4.78, 5) is 23.9. The van der Waals surface area contributed by atoms with Gasteiger partial charge in [-0.3, -0.25) is 9.20 Å². The van der Waals surface area contributed by atoms with E-state index in [-0.39, 0.29) is 29.1 Å². The van der Waals surface area contributed by atoms with Gasteiger partial charge >= 0.3 is 0 Å². The number of nitrogens with zero attached hydrogens (tertiary/aromatic N) is 5. The summed E-state index contributed by atoms with van der Waals surface area (Å²) >= 11 is 1.54. The molecule has 10 heteroatoms. The summed E-state index contributed by atoms with van der Waals surface area (Å²) in [5.74, 6) is 0.127. The fourth-order valence-electron chi connectivity index (χ4n) is 5.75. The Hall–Kier alpha value is -4.57. The minimum atomic E-state index is -0.505. The van der Waals surface area contributed by atoms with E-state index in [2.05, 4.69) is 16.0 Å². The Labute approximate surface area is 238 Å². The number of methoxy groups -OCH3 is 1. The first-order valence-corrected chi connectivity index (χ1v) is 14.3. The fourth-order valence-corrected chi connectivity index (χ4v) is 6.67. The van der Waals surface area contributed by atoms with E-state index in [1.54, 1.807) is 27.9 Å². The highest BCUT2D eigenvalue weighted by Gasteiger charge is 2.39. The van der Waals surface area contributed by atoms with Crippen molar-refractivity contribution in [2.45, 2.75) is 32.7 Å². The van der Waals surface area contributed by atoms with Crippen molar-refractivity contribution in [3.05, 3.63) is 93.2 Å². The van der Waals surface area contributed by atoms with Crippen LogP contribution < -0.4 is 16.0 Å². The van der Waals surface area contributed by atoms with Gasteiger partial charge in [-0.1, -0.05) is 29.8 Å². The van der Waals surface area contributed by atoms with Crippen LogP contribution in [0.25, 0.3) is 38.2 Å². The summed E-state index contributed by atoms with van der Waals surface area (Å²) in [6.07, 6.45) is 3.38. The zero-order valence-electron chi connectivity index (χ0n) is 22.8. The number of anilines is 1. The number of fused-ring (bicyclic) bond motifs is 2. The molecule has 4 heterocycles. The van der Waals surface area contributed by atoms with E-state index >= 15 is 0 Å². The molecule has 1 aliphatic carbocycles. The molecule has 0 amide bonds. The molecular formula is C31H27FN6O2S. The van der Waals surface area contributed by atoms with Gasteiger partial charge in [-0.15, -0.1) is 11.3 Å². The van der Waals surface area contributed by atoms with Crippen LogP contribution in [0, 0.1) is 25.6 Å². The van der Waals surface area contributed by atoms with Gasteiger partial charge in [-0.2, -0.15) is 5.10 Å². The highest BCUT2D eigenvalue weighted by Crippen LogP contribution is 2.48. The molecule has 0 aliphatic heterocycles. The summed E-state index contributed by atoms with van der Waals surface area (Å²) in [5.41, 5.74) is 12.2. The fraction of sp³-hybridized carbons (Fsp3) is 0.226. The van der Waals surface area contributed by atoms with E-state index in [4.69, 9.17) is 15.6 Å². The minimum Gasteiger partial charge on any atom is -0.494 e. The molecule has 2 aromatic carbocycles. The maximum Gasteiger partial charge on any atom is 0.264 e. The number of aryl methyl sites for hydroxylation is 2. The van der Waals surface area contributed by atoms with Gasteiger partial charge in [0.15, 0.2) is 17.2 Å². The summed E-state index contributed by atoms with van der Waals surface area (Å²) in [5, 5.41) is 7.59. The van der Waals surface area contributed by atoms with Crippen LogP contribution in [0.5, 0.6) is 5.75 Å². The smallest absolute Gasteiger partial charge is 0.264 e. The van der Waals surface area contributed by atoms with Gasteiger partial charge in [0.25, 0.3) is 5.56 Å². The topological polar surface area (TPSA) is 100 Å². The number of pyridine rings is 1. The molecule has 0 spiro atoms. The second-order valence-electron chi connectivity index (χ2n) is 10.6. The van der Waals surface area contributed by atoms with Gasteiger partial charge in [0.2, 0.25) is 0 Å². The number of nitrogen functional groups attached to an aromatic ring is 1. The third kappa shape index (κ3) is 4.09. The van der Waals surface area contributed by atoms with E-state index in [0.717, 1.165) is 40.1 Å². The number of thiazole rings is 1. The molecule has 4 aromatic heterocycles. The Bertz CT molecular complexity index is 2040. The maximum absolute atomic E-state index is 14.8. The predicted octanol–water partition coefficient (Wildman–Crippen LogP) is 6.18. The largest absolute Gasteiger partial charge is 0.494 e. The highest BCUT2D eigenvalue weighted by atomic mass is 32.1. The molecule has 206 valence electrons. The number of aromatic nitrogens is 5. The molecular weight excluding hydrogens is 539 g/mol. The predicted molar refractivity (Wildman–Crippen MR) is 159 cm³/mol. The lowest BCUT2D eigenvalue weighted by Gasteiger charge is -2.22. The maximum atomic E-state index is 14.8. The van der Waals surface area contributed by atoms with Crippen LogP contribution in [0.4, 0.5) is 10.2 Å². The van der Waals surface area contributed by atoms with E-state index in [0.29, 0.717) is 27.9 Å². The normalized spacial score (nSPS) is 14.1. The molecule has 8 nitrogen and oxygen atoms in total. The van der Waals surface area contributed by atoms with Crippen LogP contribution in [-0.4, -0.2) is 31.3 Å². The number of ether oxygens (including phenoxy) is 1. The lowest BCUT2D eigenvalue weighted by atomic mass is 9.93. The van der Waals surface area contributed by atoms with E-state index < -0.39 is 5.82 Å². The van der Waals surface area contributed by atoms with Gasteiger partial charge in [-0.25, -0.2) is 19.0 Å². The first-order chi connectivity index (χ1) is 19.9. The van der Waals surface area contributed by atoms with Crippen LogP contribution in [0.1, 0.15) is 35.7 Å². The molecule has 41 heavy (non-hydrogen) atoms. The van der Waals surface area contributed by atoms with E-state index in [9.17, 15) is 9.18 Å². The van der Waals surface area contributed by atoms with Crippen molar-refractivity contribution in [2.24, 2.45) is 5.92 Å². The highest BCUT2D eigenvalue weighted by molar-refractivity contribution is 7.15. The van der Waals surface area contributed by atoms with Gasteiger partial charge < -0.3 is 10.5 Å². The third-order valence-corrected chi connectivity index (χ3v) is 8.81. The number of nitrogens with two attached hydrogens (primary N) is 1. The lowest BCUT2D eigenvalue weighted by Crippen LogP contribution is -2.23. The number of halogens is 1. The Morgan fingerprint density at radius 1 is 1.10 bits per heavy atom. The van der Waals surface area contributed by atoms with Crippen molar-refractivity contribution in [1.29, 1.82) is 0 Å².